The molecular weight excluding hydrogens is 375 g/mol. The fourth-order valence-electron chi connectivity index (χ4n) is 5.01. The Balaban J connectivity index is 1.74. The average Bonchev–Trinajstić information content (AvgIpc) is 3.39. The lowest BCUT2D eigenvalue weighted by molar-refractivity contribution is -0.137. The fraction of sp³-hybridized carbons (Fsp3) is 0.708. The fourth-order valence-corrected chi connectivity index (χ4v) is 5.01. The highest BCUT2D eigenvalue weighted by atomic mass is 19.4. The molecular formula is C24H34F3NO. The number of amides is 1. The van der Waals surface area contributed by atoms with Crippen molar-refractivity contribution < 1.29 is 18.0 Å². The van der Waals surface area contributed by atoms with Crippen molar-refractivity contribution in [2.24, 2.45) is 11.3 Å². The molecule has 2 nitrogen and oxygen atoms in total. The molecule has 2 saturated carbocycles. The first-order valence-electron chi connectivity index (χ1n) is 11.2. The minimum Gasteiger partial charge on any atom is -0.349 e. The van der Waals surface area contributed by atoms with Gasteiger partial charge in [-0.2, -0.15) is 13.2 Å². The smallest absolute Gasteiger partial charge is 0.349 e. The molecule has 2 fully saturated rings. The van der Waals surface area contributed by atoms with Crippen LogP contribution in [0.3, 0.4) is 0 Å². The van der Waals surface area contributed by atoms with Gasteiger partial charge >= 0.3 is 6.18 Å². The Labute approximate surface area is 172 Å². The number of rotatable bonds is 8. The van der Waals surface area contributed by atoms with Crippen LogP contribution in [0.1, 0.15) is 106 Å². The SMILES string of the molecule is CCCCCC(C)(C)C1CCCC1NC(=O)c1ccc(C(F)(F)F)cc1C1CC1. The van der Waals surface area contributed by atoms with E-state index in [0.717, 1.165) is 44.6 Å². The number of nitrogens with one attached hydrogen (secondary N) is 1. The summed E-state index contributed by atoms with van der Waals surface area (Å²) in [7, 11) is 0. The largest absolute Gasteiger partial charge is 0.416 e. The number of hydrogen-bond donors (Lipinski definition) is 1. The lowest BCUT2D eigenvalue weighted by atomic mass is 9.72. The van der Waals surface area contributed by atoms with Crippen molar-refractivity contribution >= 4 is 5.91 Å². The first-order chi connectivity index (χ1) is 13.6. The second-order valence-corrected chi connectivity index (χ2v) is 9.64. The van der Waals surface area contributed by atoms with Gasteiger partial charge in [-0.1, -0.05) is 46.5 Å². The molecule has 2 unspecified atom stereocenters. The third-order valence-corrected chi connectivity index (χ3v) is 6.90. The molecule has 3 rings (SSSR count). The van der Waals surface area contributed by atoms with Crippen LogP contribution in [-0.2, 0) is 6.18 Å². The predicted octanol–water partition coefficient (Wildman–Crippen LogP) is 7.09. The highest BCUT2D eigenvalue weighted by molar-refractivity contribution is 5.96. The monoisotopic (exact) mass is 409 g/mol. The molecule has 1 N–H and O–H groups in total. The molecule has 0 spiro atoms. The maximum Gasteiger partial charge on any atom is 0.416 e. The standard InChI is InChI=1S/C24H34F3NO/c1-4-5-6-14-23(2,3)20-8-7-9-21(20)28-22(29)18-13-12-17(24(25,26)27)15-19(18)16-10-11-16/h12-13,15-16,20-21H,4-11,14H2,1-3H3,(H,28,29). The van der Waals surface area contributed by atoms with E-state index in [-0.39, 0.29) is 23.3 Å². The Kier molecular flexibility index (Phi) is 6.64. The Morgan fingerprint density at radius 3 is 2.45 bits per heavy atom. The third-order valence-electron chi connectivity index (χ3n) is 6.90. The molecule has 162 valence electrons. The van der Waals surface area contributed by atoms with Crippen LogP contribution >= 0.6 is 0 Å². The second-order valence-electron chi connectivity index (χ2n) is 9.64. The van der Waals surface area contributed by atoms with Gasteiger partial charge < -0.3 is 5.32 Å². The lowest BCUT2D eigenvalue weighted by Crippen LogP contribution is -2.43. The van der Waals surface area contributed by atoms with Crippen molar-refractivity contribution in [1.29, 1.82) is 0 Å². The maximum atomic E-state index is 13.1. The minimum atomic E-state index is -4.38. The molecule has 2 aliphatic carbocycles. The molecule has 0 radical (unpaired) electrons. The third kappa shape index (κ3) is 5.35. The molecule has 2 aliphatic rings. The van der Waals surface area contributed by atoms with Crippen LogP contribution in [0, 0.1) is 11.3 Å². The quantitative estimate of drug-likeness (QED) is 0.456. The van der Waals surface area contributed by atoms with Crippen molar-refractivity contribution in [1.82, 2.24) is 5.32 Å². The number of halogens is 3. The van der Waals surface area contributed by atoms with E-state index < -0.39 is 11.7 Å². The van der Waals surface area contributed by atoms with E-state index >= 15 is 0 Å². The van der Waals surface area contributed by atoms with Gasteiger partial charge in [0.1, 0.15) is 0 Å². The first kappa shape index (κ1) is 22.2. The van der Waals surface area contributed by atoms with Crippen molar-refractivity contribution in [2.45, 2.75) is 96.7 Å². The highest BCUT2D eigenvalue weighted by Gasteiger charge is 2.40. The Hall–Kier alpha value is -1.52. The summed E-state index contributed by atoms with van der Waals surface area (Å²) in [5.74, 6) is 0.298. The topological polar surface area (TPSA) is 29.1 Å². The second kappa shape index (κ2) is 8.69. The molecule has 1 aromatic carbocycles. The van der Waals surface area contributed by atoms with Crippen molar-refractivity contribution in [3.63, 3.8) is 0 Å². The van der Waals surface area contributed by atoms with Gasteiger partial charge in [0.25, 0.3) is 5.91 Å². The number of hydrogen-bond acceptors (Lipinski definition) is 1. The average molecular weight is 410 g/mol. The van der Waals surface area contributed by atoms with E-state index in [9.17, 15) is 18.0 Å². The van der Waals surface area contributed by atoms with Gasteiger partial charge in [0.15, 0.2) is 0 Å². The summed E-state index contributed by atoms with van der Waals surface area (Å²) in [6, 6.07) is 3.71. The van der Waals surface area contributed by atoms with E-state index in [1.54, 1.807) is 0 Å². The van der Waals surface area contributed by atoms with Crippen LogP contribution in [0.4, 0.5) is 13.2 Å². The lowest BCUT2D eigenvalue weighted by Gasteiger charge is -2.36. The predicted molar refractivity (Wildman–Crippen MR) is 110 cm³/mol. The zero-order chi connectivity index (χ0) is 21.2. The number of carbonyl (C=O) groups excluding carboxylic acids is 1. The van der Waals surface area contributed by atoms with Crippen LogP contribution in [-0.4, -0.2) is 11.9 Å². The Morgan fingerprint density at radius 2 is 1.83 bits per heavy atom. The van der Waals surface area contributed by atoms with Gasteiger partial charge in [0.2, 0.25) is 0 Å². The number of carbonyl (C=O) groups is 1. The Bertz CT molecular complexity index is 721. The summed E-state index contributed by atoms with van der Waals surface area (Å²) in [6.07, 6.45) is 5.25. The van der Waals surface area contributed by atoms with E-state index in [4.69, 9.17) is 0 Å². The van der Waals surface area contributed by atoms with E-state index in [1.165, 1.54) is 31.4 Å². The van der Waals surface area contributed by atoms with E-state index in [2.05, 4.69) is 26.1 Å². The summed E-state index contributed by atoms with van der Waals surface area (Å²) >= 11 is 0. The maximum absolute atomic E-state index is 13.1. The minimum absolute atomic E-state index is 0.0860. The van der Waals surface area contributed by atoms with Gasteiger partial charge in [0, 0.05) is 11.6 Å². The molecule has 0 aliphatic heterocycles. The molecule has 0 heterocycles. The van der Waals surface area contributed by atoms with Crippen LogP contribution in [0.15, 0.2) is 18.2 Å². The molecule has 0 bridgehead atoms. The summed E-state index contributed by atoms with van der Waals surface area (Å²) in [4.78, 5) is 13.1. The van der Waals surface area contributed by atoms with Gasteiger partial charge in [-0.25, -0.2) is 0 Å². The van der Waals surface area contributed by atoms with Crippen molar-refractivity contribution in [3.05, 3.63) is 34.9 Å². The van der Waals surface area contributed by atoms with Gasteiger partial charge in [-0.15, -0.1) is 0 Å². The summed E-state index contributed by atoms with van der Waals surface area (Å²) in [5, 5.41) is 3.20. The Morgan fingerprint density at radius 1 is 1.10 bits per heavy atom. The normalized spacial score (nSPS) is 22.7. The molecule has 0 aromatic heterocycles. The van der Waals surface area contributed by atoms with Gasteiger partial charge in [-0.05, 0) is 73.1 Å². The van der Waals surface area contributed by atoms with Crippen LogP contribution in [0.5, 0.6) is 0 Å². The summed E-state index contributed by atoms with van der Waals surface area (Å²) < 4.78 is 39.4. The molecule has 1 aromatic rings. The summed E-state index contributed by atoms with van der Waals surface area (Å²) in [6.45, 7) is 6.80. The first-order valence-corrected chi connectivity index (χ1v) is 11.2. The zero-order valence-corrected chi connectivity index (χ0v) is 17.9. The molecule has 29 heavy (non-hydrogen) atoms. The van der Waals surface area contributed by atoms with Crippen LogP contribution in [0.2, 0.25) is 0 Å². The van der Waals surface area contributed by atoms with Gasteiger partial charge in [0.05, 0.1) is 5.56 Å². The highest BCUT2D eigenvalue weighted by Crippen LogP contribution is 2.45. The van der Waals surface area contributed by atoms with Crippen LogP contribution in [0.25, 0.3) is 0 Å². The molecule has 5 heteroatoms. The number of alkyl halides is 3. The molecule has 1 amide bonds. The van der Waals surface area contributed by atoms with E-state index in [1.807, 2.05) is 0 Å². The van der Waals surface area contributed by atoms with Crippen LogP contribution < -0.4 is 5.32 Å². The van der Waals surface area contributed by atoms with Crippen molar-refractivity contribution in [2.75, 3.05) is 0 Å². The van der Waals surface area contributed by atoms with Gasteiger partial charge in [-0.3, -0.25) is 4.79 Å². The zero-order valence-electron chi connectivity index (χ0n) is 17.9. The summed E-state index contributed by atoms with van der Waals surface area (Å²) in [5.41, 5.74) is 0.485. The number of benzene rings is 1. The van der Waals surface area contributed by atoms with E-state index in [0.29, 0.717) is 17.0 Å². The molecule has 2 atom stereocenters. The molecule has 0 saturated heterocycles. The van der Waals surface area contributed by atoms with Crippen molar-refractivity contribution in [3.8, 4) is 0 Å². The number of unbranched alkanes of at least 4 members (excludes halogenated alkanes) is 2.